The van der Waals surface area contributed by atoms with Crippen LogP contribution >= 0.6 is 0 Å². The van der Waals surface area contributed by atoms with E-state index in [2.05, 4.69) is 11.9 Å². The topological polar surface area (TPSA) is 63.0 Å². The van der Waals surface area contributed by atoms with E-state index in [0.717, 1.165) is 12.8 Å². The zero-order chi connectivity index (χ0) is 13.9. The van der Waals surface area contributed by atoms with Crippen LogP contribution < -0.4 is 0 Å². The third-order valence-corrected chi connectivity index (χ3v) is 2.86. The van der Waals surface area contributed by atoms with E-state index in [1.165, 1.54) is 31.9 Å². The van der Waals surface area contributed by atoms with Gasteiger partial charge in [0.05, 0.1) is 12.2 Å². The van der Waals surface area contributed by atoms with Gasteiger partial charge in [0, 0.05) is 6.20 Å². The van der Waals surface area contributed by atoms with E-state index in [0.29, 0.717) is 6.61 Å². The van der Waals surface area contributed by atoms with Crippen LogP contribution in [0.4, 0.5) is 0 Å². The molecular weight excluding hydrogens is 240 g/mol. The van der Waals surface area contributed by atoms with Crippen molar-refractivity contribution in [3.8, 4) is 6.07 Å². The van der Waals surface area contributed by atoms with E-state index in [4.69, 9.17) is 10.00 Å². The van der Waals surface area contributed by atoms with Gasteiger partial charge >= 0.3 is 5.97 Å². The molecule has 1 rings (SSSR count). The summed E-state index contributed by atoms with van der Waals surface area (Å²) in [6.45, 7) is 2.59. The molecule has 0 atom stereocenters. The van der Waals surface area contributed by atoms with Gasteiger partial charge in [-0.25, -0.2) is 9.78 Å². The van der Waals surface area contributed by atoms with Crippen molar-refractivity contribution in [3.63, 3.8) is 0 Å². The van der Waals surface area contributed by atoms with Crippen molar-refractivity contribution in [3.05, 3.63) is 29.6 Å². The first kappa shape index (κ1) is 15.2. The molecule has 0 saturated carbocycles. The second-order valence-corrected chi connectivity index (χ2v) is 4.42. The smallest absolute Gasteiger partial charge is 0.341 e. The molecular formula is C15H20N2O2. The molecule has 1 aromatic heterocycles. The Hall–Kier alpha value is -1.89. The summed E-state index contributed by atoms with van der Waals surface area (Å²) >= 11 is 0. The largest absolute Gasteiger partial charge is 0.462 e. The SMILES string of the molecule is CCCCCCCCOC(=O)c1cccnc1C#N. The first-order valence-corrected chi connectivity index (χ1v) is 6.81. The zero-order valence-corrected chi connectivity index (χ0v) is 11.4. The fourth-order valence-corrected chi connectivity index (χ4v) is 1.78. The van der Waals surface area contributed by atoms with E-state index in [-0.39, 0.29) is 11.3 Å². The maximum absolute atomic E-state index is 11.7. The Labute approximate surface area is 114 Å². The highest BCUT2D eigenvalue weighted by atomic mass is 16.5. The molecule has 0 fully saturated rings. The Morgan fingerprint density at radius 2 is 2.05 bits per heavy atom. The van der Waals surface area contributed by atoms with Gasteiger partial charge in [-0.15, -0.1) is 0 Å². The Morgan fingerprint density at radius 1 is 1.32 bits per heavy atom. The zero-order valence-electron chi connectivity index (χ0n) is 11.4. The molecule has 0 aliphatic heterocycles. The third kappa shape index (κ3) is 5.52. The number of nitrogens with zero attached hydrogens (tertiary/aromatic N) is 2. The first-order chi connectivity index (χ1) is 9.29. The van der Waals surface area contributed by atoms with Gasteiger partial charge in [-0.05, 0) is 18.6 Å². The molecule has 4 nitrogen and oxygen atoms in total. The quantitative estimate of drug-likeness (QED) is 0.530. The van der Waals surface area contributed by atoms with Crippen molar-refractivity contribution >= 4 is 5.97 Å². The van der Waals surface area contributed by atoms with Gasteiger partial charge in [-0.1, -0.05) is 39.0 Å². The van der Waals surface area contributed by atoms with Crippen molar-refractivity contribution in [1.29, 1.82) is 5.26 Å². The number of unbranched alkanes of at least 4 members (excludes halogenated alkanes) is 5. The van der Waals surface area contributed by atoms with Crippen LogP contribution in [0.15, 0.2) is 18.3 Å². The highest BCUT2D eigenvalue weighted by Gasteiger charge is 2.12. The Balaban J connectivity index is 2.26. The molecule has 0 aliphatic carbocycles. The molecule has 0 bridgehead atoms. The van der Waals surface area contributed by atoms with Crippen LogP contribution in [0.3, 0.4) is 0 Å². The van der Waals surface area contributed by atoms with Gasteiger partial charge in [0.15, 0.2) is 5.69 Å². The van der Waals surface area contributed by atoms with Crippen molar-refractivity contribution in [2.24, 2.45) is 0 Å². The van der Waals surface area contributed by atoms with Crippen LogP contribution in [0.25, 0.3) is 0 Å². The molecule has 0 unspecified atom stereocenters. The summed E-state index contributed by atoms with van der Waals surface area (Å²) in [4.78, 5) is 15.6. The number of aromatic nitrogens is 1. The van der Waals surface area contributed by atoms with Gasteiger partial charge in [-0.2, -0.15) is 5.26 Å². The summed E-state index contributed by atoms with van der Waals surface area (Å²) in [5.41, 5.74) is 0.367. The fraction of sp³-hybridized carbons (Fsp3) is 0.533. The molecule has 1 heterocycles. The van der Waals surface area contributed by atoms with Crippen LogP contribution in [0.2, 0.25) is 0 Å². The van der Waals surface area contributed by atoms with Gasteiger partial charge in [0.1, 0.15) is 6.07 Å². The maximum atomic E-state index is 11.7. The van der Waals surface area contributed by atoms with Crippen LogP contribution in [-0.2, 0) is 4.74 Å². The highest BCUT2D eigenvalue weighted by Crippen LogP contribution is 2.08. The van der Waals surface area contributed by atoms with E-state index >= 15 is 0 Å². The predicted molar refractivity (Wildman–Crippen MR) is 72.6 cm³/mol. The minimum absolute atomic E-state index is 0.121. The van der Waals surface area contributed by atoms with E-state index < -0.39 is 5.97 Å². The average Bonchev–Trinajstić information content (AvgIpc) is 2.46. The van der Waals surface area contributed by atoms with Gasteiger partial charge < -0.3 is 4.74 Å². The molecule has 0 radical (unpaired) electrons. The van der Waals surface area contributed by atoms with Crippen molar-refractivity contribution in [2.75, 3.05) is 6.61 Å². The lowest BCUT2D eigenvalue weighted by Crippen LogP contribution is -2.09. The number of hydrogen-bond acceptors (Lipinski definition) is 4. The Bertz CT molecular complexity index is 438. The summed E-state index contributed by atoms with van der Waals surface area (Å²) < 4.78 is 5.15. The van der Waals surface area contributed by atoms with Gasteiger partial charge in [0.25, 0.3) is 0 Å². The minimum atomic E-state index is -0.460. The lowest BCUT2D eigenvalue weighted by atomic mass is 10.1. The molecule has 0 aliphatic rings. The summed E-state index contributed by atoms with van der Waals surface area (Å²) in [6, 6.07) is 5.08. The highest BCUT2D eigenvalue weighted by molar-refractivity contribution is 5.91. The third-order valence-electron chi connectivity index (χ3n) is 2.86. The molecule has 0 saturated heterocycles. The average molecular weight is 260 g/mol. The minimum Gasteiger partial charge on any atom is -0.462 e. The Kier molecular flexibility index (Phi) is 7.26. The number of esters is 1. The summed E-state index contributed by atoms with van der Waals surface area (Å²) in [5.74, 6) is -0.460. The molecule has 19 heavy (non-hydrogen) atoms. The van der Waals surface area contributed by atoms with Gasteiger partial charge in [0.2, 0.25) is 0 Å². The first-order valence-electron chi connectivity index (χ1n) is 6.81. The predicted octanol–water partition coefficient (Wildman–Crippen LogP) is 3.47. The van der Waals surface area contributed by atoms with Crippen molar-refractivity contribution < 1.29 is 9.53 Å². The lowest BCUT2D eigenvalue weighted by Gasteiger charge is -2.05. The van der Waals surface area contributed by atoms with Crippen molar-refractivity contribution in [2.45, 2.75) is 45.4 Å². The summed E-state index contributed by atoms with van der Waals surface area (Å²) in [5, 5.41) is 8.84. The monoisotopic (exact) mass is 260 g/mol. The van der Waals surface area contributed by atoms with Crippen LogP contribution in [0.5, 0.6) is 0 Å². The summed E-state index contributed by atoms with van der Waals surface area (Å²) in [7, 11) is 0. The number of pyridine rings is 1. The number of rotatable bonds is 8. The van der Waals surface area contributed by atoms with Crippen LogP contribution in [0.1, 0.15) is 61.5 Å². The van der Waals surface area contributed by atoms with Crippen LogP contribution in [-0.4, -0.2) is 17.6 Å². The number of hydrogen-bond donors (Lipinski definition) is 0. The molecule has 102 valence electrons. The standard InChI is InChI=1S/C15H20N2O2/c1-2-3-4-5-6-7-11-19-15(18)13-9-8-10-17-14(13)12-16/h8-10H,2-7,11H2,1H3. The molecule has 0 N–H and O–H groups in total. The molecule has 1 aromatic rings. The summed E-state index contributed by atoms with van der Waals surface area (Å²) in [6.07, 6.45) is 8.35. The maximum Gasteiger partial charge on any atom is 0.341 e. The molecule has 4 heteroatoms. The van der Waals surface area contributed by atoms with E-state index in [1.807, 2.05) is 6.07 Å². The fourth-order valence-electron chi connectivity index (χ4n) is 1.78. The molecule has 0 spiro atoms. The number of nitriles is 1. The van der Waals surface area contributed by atoms with Gasteiger partial charge in [-0.3, -0.25) is 0 Å². The van der Waals surface area contributed by atoms with E-state index in [9.17, 15) is 4.79 Å². The number of carbonyl (C=O) groups is 1. The second kappa shape index (κ2) is 9.09. The molecule has 0 amide bonds. The lowest BCUT2D eigenvalue weighted by molar-refractivity contribution is 0.0497. The second-order valence-electron chi connectivity index (χ2n) is 4.42. The number of carbonyl (C=O) groups excluding carboxylic acids is 1. The Morgan fingerprint density at radius 3 is 2.79 bits per heavy atom. The van der Waals surface area contributed by atoms with Crippen LogP contribution in [0, 0.1) is 11.3 Å². The normalized spacial score (nSPS) is 9.89. The number of ether oxygens (including phenoxy) is 1. The van der Waals surface area contributed by atoms with E-state index in [1.54, 1.807) is 12.1 Å². The van der Waals surface area contributed by atoms with Crippen molar-refractivity contribution in [1.82, 2.24) is 4.98 Å². The molecule has 0 aromatic carbocycles.